The molecule has 0 amide bonds. The lowest BCUT2D eigenvalue weighted by atomic mass is 10.3. The normalized spacial score (nSPS) is 14.8. The highest BCUT2D eigenvalue weighted by Crippen LogP contribution is 2.27. The lowest BCUT2D eigenvalue weighted by Crippen LogP contribution is -2.37. The molecule has 5 rings (SSSR count). The minimum atomic E-state index is 0.656. The van der Waals surface area contributed by atoms with Crippen molar-refractivity contribution in [3.8, 4) is 0 Å². The van der Waals surface area contributed by atoms with E-state index in [0.717, 1.165) is 29.3 Å². The number of hydrogen-bond acceptors (Lipinski definition) is 9. The smallest absolute Gasteiger partial charge is 0.226 e. The van der Waals surface area contributed by atoms with Gasteiger partial charge in [-0.2, -0.15) is 0 Å². The minimum absolute atomic E-state index is 0.656. The van der Waals surface area contributed by atoms with Gasteiger partial charge in [-0.05, 0) is 25.1 Å². The summed E-state index contributed by atoms with van der Waals surface area (Å²) in [4.78, 5) is 24.5. The van der Waals surface area contributed by atoms with E-state index in [9.17, 15) is 0 Å². The quantitative estimate of drug-likeness (QED) is 0.581. The first-order valence-corrected chi connectivity index (χ1v) is 9.52. The molecule has 4 aromatic rings. The lowest BCUT2D eigenvalue weighted by Gasteiger charge is -2.26. The van der Waals surface area contributed by atoms with E-state index in [1.165, 1.54) is 11.0 Å². The summed E-state index contributed by atoms with van der Waals surface area (Å²) in [5.74, 6) is 1.33. The summed E-state index contributed by atoms with van der Waals surface area (Å²) in [7, 11) is 0. The molecule has 1 aliphatic heterocycles. The van der Waals surface area contributed by atoms with Gasteiger partial charge < -0.3 is 15.0 Å². The Bertz CT molecular complexity index is 1120. The van der Waals surface area contributed by atoms with E-state index in [4.69, 9.17) is 9.72 Å². The molecule has 0 radical (unpaired) electrons. The van der Waals surface area contributed by atoms with Crippen LogP contribution in [0.4, 0.5) is 17.5 Å². The number of rotatable bonds is 3. The zero-order valence-electron chi connectivity index (χ0n) is 14.7. The molecule has 3 aromatic heterocycles. The predicted molar refractivity (Wildman–Crippen MR) is 106 cm³/mol. The monoisotopic (exact) mass is 379 g/mol. The van der Waals surface area contributed by atoms with Gasteiger partial charge in [0.05, 0.1) is 34.6 Å². The number of benzene rings is 1. The fourth-order valence-corrected chi connectivity index (χ4v) is 3.92. The van der Waals surface area contributed by atoms with Crippen LogP contribution in [0.2, 0.25) is 0 Å². The second kappa shape index (κ2) is 6.67. The Balaban J connectivity index is 1.52. The summed E-state index contributed by atoms with van der Waals surface area (Å²) >= 11 is 1.69. The number of ether oxygens (including phenoxy) is 1. The topological polar surface area (TPSA) is 89.0 Å². The number of fused-ring (bicyclic) bond motifs is 2. The average Bonchev–Trinajstić information content (AvgIpc) is 3.08. The van der Waals surface area contributed by atoms with Crippen molar-refractivity contribution < 1.29 is 4.74 Å². The first-order valence-electron chi connectivity index (χ1n) is 8.71. The van der Waals surface area contributed by atoms with E-state index in [1.807, 2.05) is 19.1 Å². The maximum absolute atomic E-state index is 5.41. The molecule has 1 aromatic carbocycles. The first kappa shape index (κ1) is 16.3. The maximum Gasteiger partial charge on any atom is 0.226 e. The molecule has 0 bridgehead atoms. The van der Waals surface area contributed by atoms with Crippen LogP contribution in [0.1, 0.15) is 5.01 Å². The molecule has 136 valence electrons. The number of aryl methyl sites for hydroxylation is 1. The van der Waals surface area contributed by atoms with Crippen LogP contribution in [0.25, 0.3) is 21.3 Å². The molecule has 0 saturated carbocycles. The molecule has 27 heavy (non-hydrogen) atoms. The Morgan fingerprint density at radius 2 is 1.96 bits per heavy atom. The van der Waals surface area contributed by atoms with Gasteiger partial charge in [0.1, 0.15) is 17.4 Å². The van der Waals surface area contributed by atoms with Crippen LogP contribution in [0.15, 0.2) is 30.7 Å². The average molecular weight is 379 g/mol. The minimum Gasteiger partial charge on any atom is -0.378 e. The van der Waals surface area contributed by atoms with Gasteiger partial charge in [0, 0.05) is 18.8 Å². The van der Waals surface area contributed by atoms with Gasteiger partial charge in [-0.3, -0.25) is 0 Å². The number of anilines is 3. The maximum atomic E-state index is 5.41. The predicted octanol–water partition coefficient (Wildman–Crippen LogP) is 2.92. The Morgan fingerprint density at radius 1 is 1.07 bits per heavy atom. The standard InChI is InChI=1S/C18H17N7OS/c1-11-22-13-8-12(2-3-15(13)27-11)23-17-16-14(20-10-21-17)9-19-18(24-16)25-4-6-26-7-5-25/h2-3,8-10H,4-7H2,1H3,(H,20,21,23). The second-order valence-corrected chi connectivity index (χ2v) is 7.50. The van der Waals surface area contributed by atoms with Crippen LogP contribution in [0, 0.1) is 6.92 Å². The Kier molecular flexibility index (Phi) is 4.02. The second-order valence-electron chi connectivity index (χ2n) is 6.27. The van der Waals surface area contributed by atoms with Crippen molar-refractivity contribution in [1.82, 2.24) is 24.9 Å². The molecule has 8 nitrogen and oxygen atoms in total. The molecule has 0 aliphatic carbocycles. The van der Waals surface area contributed by atoms with Crippen LogP contribution in [0.3, 0.4) is 0 Å². The fraction of sp³-hybridized carbons (Fsp3) is 0.278. The zero-order valence-corrected chi connectivity index (χ0v) is 15.5. The Labute approximate surface area is 159 Å². The Morgan fingerprint density at radius 3 is 2.85 bits per heavy atom. The van der Waals surface area contributed by atoms with Gasteiger partial charge in [-0.1, -0.05) is 0 Å². The van der Waals surface area contributed by atoms with Crippen LogP contribution < -0.4 is 10.2 Å². The van der Waals surface area contributed by atoms with Crippen molar-refractivity contribution in [2.45, 2.75) is 6.92 Å². The summed E-state index contributed by atoms with van der Waals surface area (Å²) in [5.41, 5.74) is 3.29. The summed E-state index contributed by atoms with van der Waals surface area (Å²) in [5, 5.41) is 4.41. The third-order valence-corrected chi connectivity index (χ3v) is 5.37. The van der Waals surface area contributed by atoms with Gasteiger partial charge in [-0.15, -0.1) is 11.3 Å². The molecule has 4 heterocycles. The van der Waals surface area contributed by atoms with Crippen molar-refractivity contribution in [2.24, 2.45) is 0 Å². The van der Waals surface area contributed by atoms with Crippen LogP contribution in [-0.2, 0) is 4.74 Å². The van der Waals surface area contributed by atoms with Crippen molar-refractivity contribution >= 4 is 50.0 Å². The van der Waals surface area contributed by atoms with Gasteiger partial charge in [0.25, 0.3) is 0 Å². The van der Waals surface area contributed by atoms with Gasteiger partial charge in [0.2, 0.25) is 5.95 Å². The molecule has 9 heteroatoms. The molecule has 0 spiro atoms. The highest BCUT2D eigenvalue weighted by molar-refractivity contribution is 7.18. The number of morpholine rings is 1. The van der Waals surface area contributed by atoms with Crippen molar-refractivity contribution in [1.29, 1.82) is 0 Å². The summed E-state index contributed by atoms with van der Waals surface area (Å²) in [6, 6.07) is 6.12. The van der Waals surface area contributed by atoms with Crippen LogP contribution >= 0.6 is 11.3 Å². The summed E-state index contributed by atoms with van der Waals surface area (Å²) < 4.78 is 6.58. The van der Waals surface area contributed by atoms with Gasteiger partial charge in [-0.25, -0.2) is 24.9 Å². The summed E-state index contributed by atoms with van der Waals surface area (Å²) in [6.45, 7) is 4.94. The molecule has 0 unspecified atom stereocenters. The Hall–Kier alpha value is -2.91. The number of nitrogens with one attached hydrogen (secondary N) is 1. The van der Waals surface area contributed by atoms with Gasteiger partial charge in [0.15, 0.2) is 5.82 Å². The molecular formula is C18H17N7OS. The van der Waals surface area contributed by atoms with E-state index < -0.39 is 0 Å². The highest BCUT2D eigenvalue weighted by atomic mass is 32.1. The van der Waals surface area contributed by atoms with Crippen molar-refractivity contribution in [2.75, 3.05) is 36.5 Å². The molecule has 1 N–H and O–H groups in total. The summed E-state index contributed by atoms with van der Waals surface area (Å²) in [6.07, 6.45) is 3.26. The highest BCUT2D eigenvalue weighted by Gasteiger charge is 2.16. The SMILES string of the molecule is Cc1nc2cc(Nc3ncnc4cnc(N5CCOCC5)nc34)ccc2s1. The molecule has 0 atom stereocenters. The first-order chi connectivity index (χ1) is 13.3. The van der Waals surface area contributed by atoms with Crippen LogP contribution in [-0.4, -0.2) is 51.2 Å². The molecule has 1 saturated heterocycles. The van der Waals surface area contributed by atoms with E-state index in [2.05, 4.69) is 36.2 Å². The molecule has 1 fully saturated rings. The molecule has 1 aliphatic rings. The fourth-order valence-electron chi connectivity index (χ4n) is 3.11. The van der Waals surface area contributed by atoms with Crippen molar-refractivity contribution in [3.05, 3.63) is 35.7 Å². The number of thiazole rings is 1. The third kappa shape index (κ3) is 3.15. The van der Waals surface area contributed by atoms with E-state index in [1.54, 1.807) is 17.5 Å². The van der Waals surface area contributed by atoms with E-state index in [-0.39, 0.29) is 0 Å². The largest absolute Gasteiger partial charge is 0.378 e. The molecular weight excluding hydrogens is 362 g/mol. The number of hydrogen-bond donors (Lipinski definition) is 1. The number of aromatic nitrogens is 5. The third-order valence-electron chi connectivity index (χ3n) is 4.42. The van der Waals surface area contributed by atoms with Crippen molar-refractivity contribution in [3.63, 3.8) is 0 Å². The number of nitrogens with zero attached hydrogens (tertiary/aromatic N) is 6. The zero-order chi connectivity index (χ0) is 18.2. The van der Waals surface area contributed by atoms with Crippen LogP contribution in [0.5, 0.6) is 0 Å². The lowest BCUT2D eigenvalue weighted by molar-refractivity contribution is 0.122. The van der Waals surface area contributed by atoms with E-state index >= 15 is 0 Å². The van der Waals surface area contributed by atoms with E-state index in [0.29, 0.717) is 36.0 Å². The van der Waals surface area contributed by atoms with Gasteiger partial charge >= 0.3 is 0 Å².